The van der Waals surface area contributed by atoms with Crippen molar-refractivity contribution in [3.63, 3.8) is 0 Å². The van der Waals surface area contributed by atoms with Gasteiger partial charge in [0.2, 0.25) is 5.91 Å². The molecule has 0 bridgehead atoms. The Balaban J connectivity index is 1.48. The summed E-state index contributed by atoms with van der Waals surface area (Å²) in [6.45, 7) is 3.17. The van der Waals surface area contributed by atoms with E-state index in [1.807, 2.05) is 29.2 Å². The number of rotatable bonds is 4. The highest BCUT2D eigenvalue weighted by molar-refractivity contribution is 6.30. The van der Waals surface area contributed by atoms with Crippen molar-refractivity contribution in [2.24, 2.45) is 0 Å². The number of nitrogens with zero attached hydrogens (tertiary/aromatic N) is 2. The summed E-state index contributed by atoms with van der Waals surface area (Å²) in [6.07, 6.45) is -4.38. The topological polar surface area (TPSA) is 35.6 Å². The quantitative estimate of drug-likeness (QED) is 0.843. The molecule has 0 aromatic heterocycles. The van der Waals surface area contributed by atoms with Crippen LogP contribution in [0, 0.1) is 0 Å². The van der Waals surface area contributed by atoms with Gasteiger partial charge < -0.3 is 10.2 Å². The van der Waals surface area contributed by atoms with Crippen molar-refractivity contribution in [1.82, 2.24) is 4.90 Å². The fraction of sp³-hybridized carbons (Fsp3) is 0.316. The lowest BCUT2D eigenvalue weighted by molar-refractivity contribution is -0.137. The third-order valence-electron chi connectivity index (χ3n) is 4.41. The average Bonchev–Trinajstić information content (AvgIpc) is 2.62. The number of carbonyl (C=O) groups excluding carboxylic acids is 1. The van der Waals surface area contributed by atoms with Crippen LogP contribution in [0.15, 0.2) is 48.5 Å². The van der Waals surface area contributed by atoms with Crippen molar-refractivity contribution in [2.75, 3.05) is 42.9 Å². The molecule has 1 heterocycles. The molecule has 27 heavy (non-hydrogen) atoms. The first kappa shape index (κ1) is 19.5. The van der Waals surface area contributed by atoms with Gasteiger partial charge in [-0.3, -0.25) is 9.69 Å². The van der Waals surface area contributed by atoms with Crippen molar-refractivity contribution >= 4 is 28.9 Å². The van der Waals surface area contributed by atoms with Gasteiger partial charge in [-0.1, -0.05) is 17.7 Å². The highest BCUT2D eigenvalue weighted by Crippen LogP contribution is 2.29. The molecule has 1 aliphatic rings. The second-order valence-corrected chi connectivity index (χ2v) is 6.80. The highest BCUT2D eigenvalue weighted by Gasteiger charge is 2.30. The first-order valence-corrected chi connectivity index (χ1v) is 8.89. The van der Waals surface area contributed by atoms with Crippen molar-refractivity contribution in [1.29, 1.82) is 0 Å². The normalized spacial score (nSPS) is 15.6. The molecule has 144 valence electrons. The van der Waals surface area contributed by atoms with Crippen molar-refractivity contribution in [3.05, 3.63) is 59.1 Å². The van der Waals surface area contributed by atoms with Crippen LogP contribution in [0.2, 0.25) is 5.02 Å². The van der Waals surface area contributed by atoms with Crippen LogP contribution in [-0.2, 0) is 11.0 Å². The van der Waals surface area contributed by atoms with Crippen LogP contribution in [0.25, 0.3) is 0 Å². The molecule has 2 aromatic rings. The number of anilines is 2. The van der Waals surface area contributed by atoms with Crippen LogP contribution >= 0.6 is 11.6 Å². The van der Waals surface area contributed by atoms with E-state index in [1.165, 1.54) is 12.1 Å². The van der Waals surface area contributed by atoms with Crippen LogP contribution in [0.3, 0.4) is 0 Å². The van der Waals surface area contributed by atoms with E-state index < -0.39 is 11.7 Å². The second-order valence-electron chi connectivity index (χ2n) is 6.37. The first-order valence-electron chi connectivity index (χ1n) is 8.51. The van der Waals surface area contributed by atoms with Gasteiger partial charge in [0, 0.05) is 42.6 Å². The molecule has 1 N–H and O–H groups in total. The molecule has 2 aromatic carbocycles. The molecule has 4 nitrogen and oxygen atoms in total. The smallest absolute Gasteiger partial charge is 0.369 e. The highest BCUT2D eigenvalue weighted by atomic mass is 35.5. The summed E-state index contributed by atoms with van der Waals surface area (Å²) in [5, 5.41) is 3.33. The SMILES string of the molecule is O=C(CN1CCN(c2cccc(Cl)c2)CC1)Nc1ccc(C(F)(F)F)cc1. The van der Waals surface area contributed by atoms with Crippen LogP contribution in [0.1, 0.15) is 5.56 Å². The lowest BCUT2D eigenvalue weighted by Crippen LogP contribution is -2.48. The number of carbonyl (C=O) groups is 1. The zero-order valence-corrected chi connectivity index (χ0v) is 15.2. The summed E-state index contributed by atoms with van der Waals surface area (Å²) >= 11 is 6.02. The molecule has 0 unspecified atom stereocenters. The third-order valence-corrected chi connectivity index (χ3v) is 4.64. The van der Waals surface area contributed by atoms with E-state index in [9.17, 15) is 18.0 Å². The summed E-state index contributed by atoms with van der Waals surface area (Å²) in [7, 11) is 0. The Morgan fingerprint density at radius 1 is 1.04 bits per heavy atom. The number of hydrogen-bond donors (Lipinski definition) is 1. The van der Waals surface area contributed by atoms with E-state index in [-0.39, 0.29) is 12.5 Å². The van der Waals surface area contributed by atoms with Crippen molar-refractivity contribution < 1.29 is 18.0 Å². The Labute approximate surface area is 160 Å². The maximum absolute atomic E-state index is 12.6. The molecule has 0 aliphatic carbocycles. The minimum atomic E-state index is -4.38. The Morgan fingerprint density at radius 3 is 2.30 bits per heavy atom. The minimum absolute atomic E-state index is 0.199. The Bertz CT molecular complexity index is 788. The Hall–Kier alpha value is -2.25. The zero-order chi connectivity index (χ0) is 19.4. The van der Waals surface area contributed by atoms with Crippen LogP contribution in [0.4, 0.5) is 24.5 Å². The molecule has 0 saturated carbocycles. The van der Waals surface area contributed by atoms with Crippen molar-refractivity contribution in [3.8, 4) is 0 Å². The number of piperazine rings is 1. The van der Waals surface area contributed by atoms with Crippen LogP contribution in [-0.4, -0.2) is 43.5 Å². The molecule has 0 spiro atoms. The van der Waals surface area contributed by atoms with Gasteiger partial charge in [-0.25, -0.2) is 0 Å². The van der Waals surface area contributed by atoms with Gasteiger partial charge in [-0.15, -0.1) is 0 Å². The molecule has 1 aliphatic heterocycles. The predicted octanol–water partition coefficient (Wildman–Crippen LogP) is 4.12. The van der Waals surface area contributed by atoms with Crippen LogP contribution < -0.4 is 10.2 Å². The van der Waals surface area contributed by atoms with E-state index in [0.29, 0.717) is 23.8 Å². The zero-order valence-electron chi connectivity index (χ0n) is 14.5. The van der Waals surface area contributed by atoms with Crippen molar-refractivity contribution in [2.45, 2.75) is 6.18 Å². The number of alkyl halides is 3. The van der Waals surface area contributed by atoms with Gasteiger partial charge in [-0.2, -0.15) is 13.2 Å². The minimum Gasteiger partial charge on any atom is -0.369 e. The van der Waals surface area contributed by atoms with Gasteiger partial charge in [-0.05, 0) is 42.5 Å². The van der Waals surface area contributed by atoms with Gasteiger partial charge in [0.1, 0.15) is 0 Å². The van der Waals surface area contributed by atoms with E-state index in [0.717, 1.165) is 30.9 Å². The lowest BCUT2D eigenvalue weighted by Gasteiger charge is -2.35. The maximum atomic E-state index is 12.6. The van der Waals surface area contributed by atoms with Crippen LogP contribution in [0.5, 0.6) is 0 Å². The summed E-state index contributed by atoms with van der Waals surface area (Å²) in [6, 6.07) is 12.1. The summed E-state index contributed by atoms with van der Waals surface area (Å²) in [5.74, 6) is -0.244. The molecule has 1 fully saturated rings. The first-order chi connectivity index (χ1) is 12.8. The molecular weight excluding hydrogens is 379 g/mol. The Morgan fingerprint density at radius 2 is 1.70 bits per heavy atom. The summed E-state index contributed by atoms with van der Waals surface area (Å²) in [5.41, 5.74) is 0.666. The number of halogens is 4. The Kier molecular flexibility index (Phi) is 5.92. The third kappa shape index (κ3) is 5.37. The maximum Gasteiger partial charge on any atom is 0.416 e. The molecule has 1 saturated heterocycles. The molecule has 8 heteroatoms. The number of benzene rings is 2. The van der Waals surface area contributed by atoms with E-state index in [1.54, 1.807) is 0 Å². The van der Waals surface area contributed by atoms with E-state index >= 15 is 0 Å². The molecular formula is C19H19ClF3N3O. The molecule has 0 radical (unpaired) electrons. The number of hydrogen-bond acceptors (Lipinski definition) is 3. The average molecular weight is 398 g/mol. The summed E-state index contributed by atoms with van der Waals surface area (Å²) in [4.78, 5) is 16.4. The molecule has 3 rings (SSSR count). The fourth-order valence-electron chi connectivity index (χ4n) is 2.98. The summed E-state index contributed by atoms with van der Waals surface area (Å²) < 4.78 is 37.7. The largest absolute Gasteiger partial charge is 0.416 e. The molecule has 0 atom stereocenters. The monoisotopic (exact) mass is 397 g/mol. The number of nitrogens with one attached hydrogen (secondary N) is 1. The van der Waals surface area contributed by atoms with E-state index in [2.05, 4.69) is 10.2 Å². The van der Waals surface area contributed by atoms with Gasteiger partial charge in [0.25, 0.3) is 0 Å². The number of amides is 1. The lowest BCUT2D eigenvalue weighted by atomic mass is 10.2. The standard InChI is InChI=1S/C19H19ClF3N3O/c20-15-2-1-3-17(12-15)26-10-8-25(9-11-26)13-18(27)24-16-6-4-14(5-7-16)19(21,22)23/h1-7,12H,8-11,13H2,(H,24,27). The molecule has 1 amide bonds. The van der Waals surface area contributed by atoms with Gasteiger partial charge >= 0.3 is 6.18 Å². The van der Waals surface area contributed by atoms with Gasteiger partial charge in [0.15, 0.2) is 0 Å². The van der Waals surface area contributed by atoms with E-state index in [4.69, 9.17) is 11.6 Å². The van der Waals surface area contributed by atoms with Gasteiger partial charge in [0.05, 0.1) is 12.1 Å². The second kappa shape index (κ2) is 8.19. The fourth-order valence-corrected chi connectivity index (χ4v) is 3.17. The predicted molar refractivity (Wildman–Crippen MR) is 100 cm³/mol.